The molecule has 0 saturated carbocycles. The molecule has 0 saturated heterocycles. The van der Waals surface area contributed by atoms with E-state index >= 15 is 0 Å². The molecule has 0 aromatic heterocycles. The molecule has 4 N–H and O–H groups in total. The fourth-order valence-electron chi connectivity index (χ4n) is 0. The van der Waals surface area contributed by atoms with Crippen molar-refractivity contribution >= 4 is 0 Å². The van der Waals surface area contributed by atoms with Crippen LogP contribution < -0.4 is 5.48 Å². The molecule has 0 spiro atoms. The molecule has 0 bridgehead atoms. The van der Waals surface area contributed by atoms with E-state index < -0.39 is 0 Å². The molecular formula is C4H19FeNO3. The van der Waals surface area contributed by atoms with Crippen molar-refractivity contribution in [3.8, 4) is 0 Å². The fourth-order valence-corrected chi connectivity index (χ4v) is 0. The first-order chi connectivity index (χ1) is 2.41. The quantitative estimate of drug-likeness (QED) is 0.427. The molecule has 0 heterocycles. The van der Waals surface area contributed by atoms with Gasteiger partial charge < -0.3 is 10.7 Å². The number of hydrogen-bond acceptors (Lipinski definition) is 3. The van der Waals surface area contributed by atoms with Crippen LogP contribution in [-0.2, 0) is 19.8 Å². The SMILES string of the molecule is C.C.C.CNO.O.[O]=[Fe]. The second-order valence-corrected chi connectivity index (χ2v) is 0.224. The van der Waals surface area contributed by atoms with Crippen LogP contribution in [0.25, 0.3) is 0 Å². The molecule has 0 rings (SSSR count). The van der Waals surface area contributed by atoms with Crippen molar-refractivity contribution in [1.29, 1.82) is 0 Å². The van der Waals surface area contributed by atoms with E-state index in [4.69, 9.17) is 9.04 Å². The third-order valence-electron chi connectivity index (χ3n) is 0. The zero-order valence-corrected chi connectivity index (χ0v) is 4.31. The van der Waals surface area contributed by atoms with Gasteiger partial charge in [-0.1, -0.05) is 22.3 Å². The van der Waals surface area contributed by atoms with Crippen LogP contribution in [-0.4, -0.2) is 17.7 Å². The first-order valence-electron chi connectivity index (χ1n) is 0.868. The summed E-state index contributed by atoms with van der Waals surface area (Å²) in [5.41, 5.74) is 1.75. The van der Waals surface area contributed by atoms with Crippen LogP contribution in [0.15, 0.2) is 0 Å². The van der Waals surface area contributed by atoms with Crippen molar-refractivity contribution in [2.45, 2.75) is 22.3 Å². The van der Waals surface area contributed by atoms with E-state index in [9.17, 15) is 0 Å². The van der Waals surface area contributed by atoms with Crippen LogP contribution in [0.4, 0.5) is 0 Å². The van der Waals surface area contributed by atoms with Gasteiger partial charge in [-0.2, -0.15) is 0 Å². The second-order valence-electron chi connectivity index (χ2n) is 0.224. The summed E-state index contributed by atoms with van der Waals surface area (Å²) in [6, 6.07) is 0. The number of hydroxylamine groups is 1. The van der Waals surface area contributed by atoms with Gasteiger partial charge in [-0.3, -0.25) is 0 Å². The topological polar surface area (TPSA) is 80.8 Å². The Balaban J connectivity index is -0.00000000357. The van der Waals surface area contributed by atoms with E-state index in [1.807, 2.05) is 15.9 Å². The summed E-state index contributed by atoms with van der Waals surface area (Å²) in [4.78, 5) is 0. The summed E-state index contributed by atoms with van der Waals surface area (Å²) in [6.45, 7) is 0. The molecule has 0 aromatic rings. The summed E-state index contributed by atoms with van der Waals surface area (Å²) in [5.74, 6) is 0. The fraction of sp³-hybridized carbons (Fsp3) is 1.00. The molecule has 0 aliphatic rings. The predicted molar refractivity (Wildman–Crippen MR) is 35.3 cm³/mol. The van der Waals surface area contributed by atoms with E-state index in [2.05, 4.69) is 0 Å². The van der Waals surface area contributed by atoms with Crippen molar-refractivity contribution < 1.29 is 30.5 Å². The average Bonchev–Trinajstić information content (AvgIpc) is 1.46. The van der Waals surface area contributed by atoms with Crippen molar-refractivity contribution in [3.63, 3.8) is 0 Å². The van der Waals surface area contributed by atoms with Gasteiger partial charge in [0.1, 0.15) is 0 Å². The predicted octanol–water partition coefficient (Wildman–Crippen LogP) is 0.557. The molecule has 0 radical (unpaired) electrons. The molecule has 0 amide bonds. The number of rotatable bonds is 0. The van der Waals surface area contributed by atoms with Crippen molar-refractivity contribution in [1.82, 2.24) is 5.48 Å². The van der Waals surface area contributed by atoms with E-state index in [-0.39, 0.29) is 27.8 Å². The standard InChI is InChI=1S/CH5NO.3CH4.Fe.H2O.O/c1-2-3;;;;;;/h2-3H,1H3;3*1H4;;1H2;. The Morgan fingerprint density at radius 2 is 1.22 bits per heavy atom. The maximum atomic E-state index is 8.00. The zero-order chi connectivity index (χ0) is 4.71. The van der Waals surface area contributed by atoms with Gasteiger partial charge in [0.15, 0.2) is 0 Å². The van der Waals surface area contributed by atoms with Gasteiger partial charge in [-0.25, -0.2) is 5.48 Å². The molecule has 0 aliphatic carbocycles. The molecule has 0 atom stereocenters. The maximum absolute atomic E-state index is 8.00. The van der Waals surface area contributed by atoms with Gasteiger partial charge in [0.2, 0.25) is 0 Å². The molecule has 0 aliphatic heterocycles. The van der Waals surface area contributed by atoms with Gasteiger partial charge in [-0.05, 0) is 0 Å². The van der Waals surface area contributed by atoms with Gasteiger partial charge >= 0.3 is 19.8 Å². The van der Waals surface area contributed by atoms with Crippen molar-refractivity contribution in [2.24, 2.45) is 0 Å². The Bertz CT molecular complexity index is 19.8. The zero-order valence-electron chi connectivity index (χ0n) is 3.21. The Kier molecular flexibility index (Phi) is 1980. The first-order valence-corrected chi connectivity index (χ1v) is 1.32. The minimum atomic E-state index is 0. The molecule has 0 unspecified atom stereocenters. The molecule has 5 heteroatoms. The number of nitrogens with one attached hydrogen (secondary N) is 1. The van der Waals surface area contributed by atoms with E-state index in [1.54, 1.807) is 5.48 Å². The Labute approximate surface area is 65.9 Å². The van der Waals surface area contributed by atoms with Gasteiger partial charge in [-0.15, -0.1) is 0 Å². The molecule has 9 heavy (non-hydrogen) atoms. The third kappa shape index (κ3) is 7920. The summed E-state index contributed by atoms with van der Waals surface area (Å²) < 4.78 is 8.00. The summed E-state index contributed by atoms with van der Waals surface area (Å²) in [6.07, 6.45) is 0. The van der Waals surface area contributed by atoms with E-state index in [1.165, 1.54) is 7.05 Å². The Morgan fingerprint density at radius 1 is 1.22 bits per heavy atom. The number of hydrogen-bond donors (Lipinski definition) is 2. The Hall–Kier alpha value is 0.199. The normalized spacial score (nSPS) is 2.56. The van der Waals surface area contributed by atoms with Gasteiger partial charge in [0.25, 0.3) is 0 Å². The van der Waals surface area contributed by atoms with Gasteiger partial charge in [0, 0.05) is 7.05 Å². The van der Waals surface area contributed by atoms with Gasteiger partial charge in [0.05, 0.1) is 0 Å². The van der Waals surface area contributed by atoms with Crippen LogP contribution in [0.2, 0.25) is 0 Å². The molecule has 0 fully saturated rings. The van der Waals surface area contributed by atoms with Crippen molar-refractivity contribution in [3.05, 3.63) is 0 Å². The second kappa shape index (κ2) is 295. The summed E-state index contributed by atoms with van der Waals surface area (Å²) in [5, 5.41) is 7.32. The first kappa shape index (κ1) is 60.4. The molecular weight excluding hydrogens is 166 g/mol. The van der Waals surface area contributed by atoms with Crippen LogP contribution in [0.5, 0.6) is 0 Å². The van der Waals surface area contributed by atoms with Crippen LogP contribution >= 0.6 is 0 Å². The monoisotopic (exact) mass is 185 g/mol. The van der Waals surface area contributed by atoms with Crippen LogP contribution in [0, 0.1) is 0 Å². The third-order valence-corrected chi connectivity index (χ3v) is 0. The van der Waals surface area contributed by atoms with Crippen LogP contribution in [0.3, 0.4) is 0 Å². The molecule has 4 nitrogen and oxygen atoms in total. The van der Waals surface area contributed by atoms with E-state index in [0.29, 0.717) is 0 Å². The minimum absolute atomic E-state index is 0. The molecule has 66 valence electrons. The van der Waals surface area contributed by atoms with Crippen LogP contribution in [0.1, 0.15) is 22.3 Å². The summed E-state index contributed by atoms with van der Waals surface area (Å²) in [7, 11) is 1.43. The van der Waals surface area contributed by atoms with Crippen molar-refractivity contribution in [2.75, 3.05) is 7.05 Å². The average molecular weight is 185 g/mol. The summed E-state index contributed by atoms with van der Waals surface area (Å²) >= 11 is 2.00. The molecule has 0 aromatic carbocycles. The Morgan fingerprint density at radius 3 is 1.22 bits per heavy atom. The van der Waals surface area contributed by atoms with E-state index in [0.717, 1.165) is 0 Å².